The van der Waals surface area contributed by atoms with Crippen molar-refractivity contribution in [2.24, 2.45) is 5.73 Å². The zero-order chi connectivity index (χ0) is 9.72. The molecule has 0 unspecified atom stereocenters. The Kier molecular flexibility index (Phi) is 4.26. The minimum Gasteiger partial charge on any atom is -0.402 e. The first kappa shape index (κ1) is 10.9. The van der Waals surface area contributed by atoms with Crippen LogP contribution in [0.5, 0.6) is 0 Å². The van der Waals surface area contributed by atoms with E-state index in [9.17, 15) is 8.78 Å². The van der Waals surface area contributed by atoms with Gasteiger partial charge in [-0.25, -0.2) is 8.78 Å². The molecule has 0 saturated heterocycles. The number of hydrogen-bond acceptors (Lipinski definition) is 1. The van der Waals surface area contributed by atoms with E-state index in [2.05, 4.69) is 0 Å². The Morgan fingerprint density at radius 2 is 1.58 bits per heavy atom. The van der Waals surface area contributed by atoms with Gasteiger partial charge in [-0.05, 0) is 32.4 Å². The first-order valence-electron chi connectivity index (χ1n) is 3.58. The van der Waals surface area contributed by atoms with Crippen LogP contribution < -0.4 is 5.73 Å². The number of allylic oxidation sites excluding steroid dienone is 6. The molecule has 68 valence electrons. The highest BCUT2D eigenvalue weighted by molar-refractivity contribution is 5.26. The molecule has 0 rings (SSSR count). The highest BCUT2D eigenvalue weighted by Gasteiger charge is 1.94. The molecule has 1 nitrogen and oxygen atoms in total. The van der Waals surface area contributed by atoms with Crippen LogP contribution in [0.25, 0.3) is 0 Å². The largest absolute Gasteiger partial charge is 0.402 e. The molecule has 0 aromatic carbocycles. The van der Waals surface area contributed by atoms with Crippen LogP contribution in [0, 0.1) is 0 Å². The molecular formula is C9H13F2N. The van der Waals surface area contributed by atoms with Crippen molar-refractivity contribution in [2.45, 2.75) is 20.8 Å². The van der Waals surface area contributed by atoms with Crippen LogP contribution in [0.2, 0.25) is 0 Å². The molecule has 3 heteroatoms. The van der Waals surface area contributed by atoms with Gasteiger partial charge in [0.15, 0.2) is 5.83 Å². The molecule has 0 spiro atoms. The third-order valence-electron chi connectivity index (χ3n) is 1.43. The molecule has 0 amide bonds. The molecule has 0 atom stereocenters. The molecule has 0 aromatic heterocycles. The van der Waals surface area contributed by atoms with E-state index >= 15 is 0 Å². The minimum atomic E-state index is -0.865. The summed E-state index contributed by atoms with van der Waals surface area (Å²) in [6, 6.07) is 0. The lowest BCUT2D eigenvalue weighted by molar-refractivity contribution is 0.555. The summed E-state index contributed by atoms with van der Waals surface area (Å²) in [5, 5.41) is 0. The maximum Gasteiger partial charge on any atom is 0.154 e. The third kappa shape index (κ3) is 3.91. The Balaban J connectivity index is 4.48. The molecule has 0 aromatic rings. The predicted octanol–water partition coefficient (Wildman–Crippen LogP) is 2.97. The molecule has 12 heavy (non-hydrogen) atoms. The second kappa shape index (κ2) is 4.70. The number of rotatable bonds is 2. The number of hydrogen-bond donors (Lipinski definition) is 1. The SMILES string of the molecule is C\C(F)=C(F)/C=C\C(C)=C(/C)N. The molecule has 0 aliphatic carbocycles. The normalized spacial score (nSPS) is 16.1. The Morgan fingerprint density at radius 1 is 1.08 bits per heavy atom. The van der Waals surface area contributed by atoms with E-state index in [0.29, 0.717) is 5.70 Å². The van der Waals surface area contributed by atoms with Gasteiger partial charge >= 0.3 is 0 Å². The molecule has 0 radical (unpaired) electrons. The van der Waals surface area contributed by atoms with Gasteiger partial charge < -0.3 is 5.73 Å². The fraction of sp³-hybridized carbons (Fsp3) is 0.333. The first-order valence-corrected chi connectivity index (χ1v) is 3.58. The topological polar surface area (TPSA) is 26.0 Å². The molecular weight excluding hydrogens is 160 g/mol. The monoisotopic (exact) mass is 173 g/mol. The summed E-state index contributed by atoms with van der Waals surface area (Å²) >= 11 is 0. The van der Waals surface area contributed by atoms with Crippen molar-refractivity contribution in [3.8, 4) is 0 Å². The van der Waals surface area contributed by atoms with Crippen molar-refractivity contribution in [3.63, 3.8) is 0 Å². The molecule has 0 aliphatic rings. The molecule has 0 fully saturated rings. The lowest BCUT2D eigenvalue weighted by Crippen LogP contribution is -1.93. The summed E-state index contributed by atoms with van der Waals surface area (Å²) in [5.74, 6) is -1.69. The second-order valence-corrected chi connectivity index (χ2v) is 2.58. The van der Waals surface area contributed by atoms with Crippen LogP contribution in [0.15, 0.2) is 35.1 Å². The van der Waals surface area contributed by atoms with Crippen molar-refractivity contribution in [1.29, 1.82) is 0 Å². The minimum absolute atomic E-state index is 0.593. The van der Waals surface area contributed by atoms with E-state index in [-0.39, 0.29) is 0 Å². The van der Waals surface area contributed by atoms with Crippen molar-refractivity contribution < 1.29 is 8.78 Å². The Labute approximate surface area is 71.3 Å². The molecule has 0 bridgehead atoms. The zero-order valence-corrected chi connectivity index (χ0v) is 7.49. The van der Waals surface area contributed by atoms with E-state index in [1.807, 2.05) is 0 Å². The second-order valence-electron chi connectivity index (χ2n) is 2.58. The summed E-state index contributed by atoms with van der Waals surface area (Å²) in [4.78, 5) is 0. The Bertz CT molecular complexity index is 215. The molecule has 0 heterocycles. The fourth-order valence-electron chi connectivity index (χ4n) is 0.444. The highest BCUT2D eigenvalue weighted by atomic mass is 19.2. The zero-order valence-electron chi connectivity index (χ0n) is 7.49. The van der Waals surface area contributed by atoms with Gasteiger partial charge in [-0.3, -0.25) is 0 Å². The van der Waals surface area contributed by atoms with E-state index in [0.717, 1.165) is 18.6 Å². The van der Waals surface area contributed by atoms with Crippen LogP contribution in [-0.4, -0.2) is 0 Å². The number of nitrogens with two attached hydrogens (primary N) is 1. The Morgan fingerprint density at radius 3 is 1.92 bits per heavy atom. The maximum absolute atomic E-state index is 12.5. The van der Waals surface area contributed by atoms with Gasteiger partial charge in [-0.2, -0.15) is 0 Å². The summed E-state index contributed by atoms with van der Waals surface area (Å²) in [5.41, 5.74) is 6.72. The van der Waals surface area contributed by atoms with E-state index in [4.69, 9.17) is 5.73 Å². The van der Waals surface area contributed by atoms with Crippen molar-refractivity contribution in [2.75, 3.05) is 0 Å². The molecule has 2 N–H and O–H groups in total. The van der Waals surface area contributed by atoms with Crippen molar-refractivity contribution in [3.05, 3.63) is 35.1 Å². The van der Waals surface area contributed by atoms with Gasteiger partial charge in [0.25, 0.3) is 0 Å². The summed E-state index contributed by atoms with van der Waals surface area (Å²) in [6.45, 7) is 4.49. The average molecular weight is 173 g/mol. The summed E-state index contributed by atoms with van der Waals surface area (Å²) < 4.78 is 24.7. The van der Waals surface area contributed by atoms with E-state index in [1.54, 1.807) is 13.8 Å². The van der Waals surface area contributed by atoms with Crippen LogP contribution in [0.1, 0.15) is 20.8 Å². The van der Waals surface area contributed by atoms with Gasteiger partial charge in [0, 0.05) is 5.70 Å². The molecule has 0 saturated carbocycles. The van der Waals surface area contributed by atoms with Crippen LogP contribution in [-0.2, 0) is 0 Å². The summed E-state index contributed by atoms with van der Waals surface area (Å²) in [7, 11) is 0. The van der Waals surface area contributed by atoms with Gasteiger partial charge in [0.2, 0.25) is 0 Å². The number of halogens is 2. The van der Waals surface area contributed by atoms with E-state index < -0.39 is 11.7 Å². The quantitative estimate of drug-likeness (QED) is 0.638. The van der Waals surface area contributed by atoms with E-state index in [1.165, 1.54) is 6.08 Å². The van der Waals surface area contributed by atoms with Gasteiger partial charge in [0.1, 0.15) is 5.83 Å². The van der Waals surface area contributed by atoms with Crippen LogP contribution in [0.3, 0.4) is 0 Å². The third-order valence-corrected chi connectivity index (χ3v) is 1.43. The smallest absolute Gasteiger partial charge is 0.154 e. The Hall–Kier alpha value is -1.12. The lowest BCUT2D eigenvalue weighted by Gasteiger charge is -1.94. The van der Waals surface area contributed by atoms with Gasteiger partial charge in [0.05, 0.1) is 0 Å². The standard InChI is InChI=1S/C9H13F2N/c1-6(8(3)12)4-5-9(11)7(2)10/h4-5H,12H2,1-3H3/b5-4-,8-6+,9-7-. The average Bonchev–Trinajstić information content (AvgIpc) is 1.98. The fourth-order valence-corrected chi connectivity index (χ4v) is 0.444. The van der Waals surface area contributed by atoms with Crippen LogP contribution >= 0.6 is 0 Å². The maximum atomic E-state index is 12.5. The predicted molar refractivity (Wildman–Crippen MR) is 46.6 cm³/mol. The van der Waals surface area contributed by atoms with Gasteiger partial charge in [-0.15, -0.1) is 0 Å². The summed E-state index contributed by atoms with van der Waals surface area (Å²) in [6.07, 6.45) is 2.49. The van der Waals surface area contributed by atoms with Crippen molar-refractivity contribution in [1.82, 2.24) is 0 Å². The van der Waals surface area contributed by atoms with Crippen LogP contribution in [0.4, 0.5) is 8.78 Å². The highest BCUT2D eigenvalue weighted by Crippen LogP contribution is 2.10. The molecule has 0 aliphatic heterocycles. The first-order chi connectivity index (χ1) is 5.45. The van der Waals surface area contributed by atoms with Gasteiger partial charge in [-0.1, -0.05) is 6.08 Å². The lowest BCUT2D eigenvalue weighted by atomic mass is 10.2. The van der Waals surface area contributed by atoms with Crippen molar-refractivity contribution >= 4 is 0 Å².